The predicted octanol–water partition coefficient (Wildman–Crippen LogP) is 4.53. The van der Waals surface area contributed by atoms with Crippen LogP contribution in [0.2, 0.25) is 0 Å². The number of nitrogens with zero attached hydrogens (tertiary/aromatic N) is 1. The SMILES string of the molecule is CCCC/C=C/C1c2ccccc2C=CN1C(=O)OC. The number of carbonyl (C=O) groups excluding carboxylic acids is 1. The van der Waals surface area contributed by atoms with Gasteiger partial charge in [0.05, 0.1) is 13.2 Å². The Morgan fingerprint density at radius 1 is 1.40 bits per heavy atom. The van der Waals surface area contributed by atoms with Crippen LogP contribution < -0.4 is 0 Å². The highest BCUT2D eigenvalue weighted by molar-refractivity contribution is 5.74. The van der Waals surface area contributed by atoms with Crippen molar-refractivity contribution in [2.24, 2.45) is 0 Å². The van der Waals surface area contributed by atoms with E-state index in [4.69, 9.17) is 4.74 Å². The second-order valence-electron chi connectivity index (χ2n) is 4.84. The Balaban J connectivity index is 2.27. The summed E-state index contributed by atoms with van der Waals surface area (Å²) >= 11 is 0. The van der Waals surface area contributed by atoms with E-state index >= 15 is 0 Å². The number of fused-ring (bicyclic) bond motifs is 1. The molecule has 0 aliphatic carbocycles. The van der Waals surface area contributed by atoms with Crippen molar-refractivity contribution in [3.63, 3.8) is 0 Å². The maximum absolute atomic E-state index is 11.9. The molecule has 0 aromatic heterocycles. The summed E-state index contributed by atoms with van der Waals surface area (Å²) in [5, 5.41) is 0. The topological polar surface area (TPSA) is 29.5 Å². The number of hydrogen-bond donors (Lipinski definition) is 0. The number of hydrogen-bond acceptors (Lipinski definition) is 2. The zero-order valence-corrected chi connectivity index (χ0v) is 12.1. The Bertz CT molecular complexity index is 519. The lowest BCUT2D eigenvalue weighted by Gasteiger charge is -2.30. The Morgan fingerprint density at radius 2 is 2.20 bits per heavy atom. The van der Waals surface area contributed by atoms with Crippen LogP contribution in [0, 0.1) is 0 Å². The maximum atomic E-state index is 11.9. The summed E-state index contributed by atoms with van der Waals surface area (Å²) in [5.74, 6) is 0. The molecule has 1 amide bonds. The second kappa shape index (κ2) is 6.94. The first-order valence-electron chi connectivity index (χ1n) is 7.08. The summed E-state index contributed by atoms with van der Waals surface area (Å²) in [4.78, 5) is 13.5. The average Bonchev–Trinajstić information content (AvgIpc) is 2.50. The molecule has 0 bridgehead atoms. The molecule has 2 rings (SSSR count). The van der Waals surface area contributed by atoms with Crippen molar-refractivity contribution in [1.82, 2.24) is 4.90 Å². The van der Waals surface area contributed by atoms with E-state index < -0.39 is 0 Å². The fourth-order valence-electron chi connectivity index (χ4n) is 2.36. The molecule has 20 heavy (non-hydrogen) atoms. The van der Waals surface area contributed by atoms with Crippen molar-refractivity contribution in [2.75, 3.05) is 7.11 Å². The highest BCUT2D eigenvalue weighted by Gasteiger charge is 2.26. The van der Waals surface area contributed by atoms with Crippen LogP contribution >= 0.6 is 0 Å². The second-order valence-corrected chi connectivity index (χ2v) is 4.84. The molecule has 106 valence electrons. The molecule has 1 unspecified atom stereocenters. The van der Waals surface area contributed by atoms with Gasteiger partial charge in [0.2, 0.25) is 0 Å². The zero-order chi connectivity index (χ0) is 14.4. The maximum Gasteiger partial charge on any atom is 0.414 e. The van der Waals surface area contributed by atoms with Crippen molar-refractivity contribution >= 4 is 12.2 Å². The minimum atomic E-state index is -0.333. The van der Waals surface area contributed by atoms with Crippen LogP contribution in [0.3, 0.4) is 0 Å². The third kappa shape index (κ3) is 3.10. The molecule has 1 aliphatic heterocycles. The van der Waals surface area contributed by atoms with Gasteiger partial charge in [-0.3, -0.25) is 4.90 Å². The van der Waals surface area contributed by atoms with Gasteiger partial charge in [-0.05, 0) is 23.6 Å². The van der Waals surface area contributed by atoms with Crippen LogP contribution in [-0.4, -0.2) is 18.1 Å². The summed E-state index contributed by atoms with van der Waals surface area (Å²) in [6, 6.07) is 8.05. The highest BCUT2D eigenvalue weighted by atomic mass is 16.5. The number of benzene rings is 1. The van der Waals surface area contributed by atoms with Gasteiger partial charge in [-0.25, -0.2) is 4.79 Å². The van der Waals surface area contributed by atoms with Crippen LogP contribution in [-0.2, 0) is 4.74 Å². The predicted molar refractivity (Wildman–Crippen MR) is 81.1 cm³/mol. The van der Waals surface area contributed by atoms with E-state index in [1.165, 1.54) is 20.0 Å². The third-order valence-electron chi connectivity index (χ3n) is 3.46. The van der Waals surface area contributed by atoms with E-state index in [9.17, 15) is 4.79 Å². The first kappa shape index (κ1) is 14.4. The first-order chi connectivity index (χ1) is 9.77. The number of allylic oxidation sites excluding steroid dienone is 1. The lowest BCUT2D eigenvalue weighted by molar-refractivity contribution is 0.132. The number of unbranched alkanes of at least 4 members (excludes halogenated alkanes) is 2. The highest BCUT2D eigenvalue weighted by Crippen LogP contribution is 2.31. The van der Waals surface area contributed by atoms with Gasteiger partial charge in [0.1, 0.15) is 0 Å². The molecule has 3 heteroatoms. The molecule has 1 heterocycles. The van der Waals surface area contributed by atoms with Gasteiger partial charge in [0, 0.05) is 6.20 Å². The molecule has 1 aromatic rings. The van der Waals surface area contributed by atoms with Crippen LogP contribution in [0.15, 0.2) is 42.6 Å². The van der Waals surface area contributed by atoms with E-state index in [1.54, 1.807) is 11.1 Å². The van der Waals surface area contributed by atoms with E-state index in [0.717, 1.165) is 17.5 Å². The fraction of sp³-hybridized carbons (Fsp3) is 0.353. The van der Waals surface area contributed by atoms with Crippen molar-refractivity contribution < 1.29 is 9.53 Å². The van der Waals surface area contributed by atoms with Gasteiger partial charge < -0.3 is 4.74 Å². The molecule has 1 atom stereocenters. The molecule has 0 saturated carbocycles. The lowest BCUT2D eigenvalue weighted by Crippen LogP contribution is -2.31. The van der Waals surface area contributed by atoms with Gasteiger partial charge in [0.25, 0.3) is 0 Å². The molecule has 0 fully saturated rings. The molecule has 0 N–H and O–H groups in total. The number of rotatable bonds is 4. The Morgan fingerprint density at radius 3 is 2.95 bits per heavy atom. The van der Waals surface area contributed by atoms with Crippen molar-refractivity contribution in [2.45, 2.75) is 32.2 Å². The van der Waals surface area contributed by atoms with Gasteiger partial charge in [0.15, 0.2) is 0 Å². The van der Waals surface area contributed by atoms with E-state index in [-0.39, 0.29) is 12.1 Å². The van der Waals surface area contributed by atoms with E-state index in [0.29, 0.717) is 0 Å². The summed E-state index contributed by atoms with van der Waals surface area (Å²) < 4.78 is 4.86. The lowest BCUT2D eigenvalue weighted by atomic mass is 9.96. The number of amides is 1. The Hall–Kier alpha value is -2.03. The van der Waals surface area contributed by atoms with Crippen molar-refractivity contribution in [3.05, 3.63) is 53.7 Å². The standard InChI is InChI=1S/C17H21NO2/c1-3-4-5-6-11-16-15-10-8-7-9-14(15)12-13-18(16)17(19)20-2/h6-13,16H,3-5H2,1-2H3/b11-6+. The minimum absolute atomic E-state index is 0.0829. The Kier molecular flexibility index (Phi) is 4.99. The number of ether oxygens (including phenoxy) is 1. The van der Waals surface area contributed by atoms with Crippen LogP contribution in [0.4, 0.5) is 4.79 Å². The minimum Gasteiger partial charge on any atom is -0.452 e. The smallest absolute Gasteiger partial charge is 0.414 e. The molecular weight excluding hydrogens is 250 g/mol. The van der Waals surface area contributed by atoms with Crippen LogP contribution in [0.5, 0.6) is 0 Å². The summed E-state index contributed by atoms with van der Waals surface area (Å²) in [7, 11) is 1.41. The quantitative estimate of drug-likeness (QED) is 0.595. The first-order valence-corrected chi connectivity index (χ1v) is 7.08. The Labute approximate surface area is 120 Å². The molecule has 0 saturated heterocycles. The summed E-state index contributed by atoms with van der Waals surface area (Å²) in [6.45, 7) is 2.17. The monoisotopic (exact) mass is 271 g/mol. The van der Waals surface area contributed by atoms with Gasteiger partial charge in [-0.1, -0.05) is 56.2 Å². The van der Waals surface area contributed by atoms with Crippen molar-refractivity contribution in [3.8, 4) is 0 Å². The van der Waals surface area contributed by atoms with Gasteiger partial charge in [-0.15, -0.1) is 0 Å². The molecular formula is C17H21NO2. The summed E-state index contributed by atoms with van der Waals surface area (Å²) in [5.41, 5.74) is 2.28. The number of methoxy groups -OCH3 is 1. The van der Waals surface area contributed by atoms with Crippen molar-refractivity contribution in [1.29, 1.82) is 0 Å². The average molecular weight is 271 g/mol. The molecule has 3 nitrogen and oxygen atoms in total. The molecule has 0 spiro atoms. The largest absolute Gasteiger partial charge is 0.452 e. The molecule has 0 radical (unpaired) electrons. The number of carbonyl (C=O) groups is 1. The van der Waals surface area contributed by atoms with Gasteiger partial charge >= 0.3 is 6.09 Å². The fourth-order valence-corrected chi connectivity index (χ4v) is 2.36. The third-order valence-corrected chi connectivity index (χ3v) is 3.46. The molecule has 1 aromatic carbocycles. The van der Waals surface area contributed by atoms with Crippen LogP contribution in [0.25, 0.3) is 6.08 Å². The van der Waals surface area contributed by atoms with Gasteiger partial charge in [-0.2, -0.15) is 0 Å². The molecule has 1 aliphatic rings. The van der Waals surface area contributed by atoms with E-state index in [2.05, 4.69) is 31.2 Å². The zero-order valence-electron chi connectivity index (χ0n) is 12.1. The normalized spacial score (nSPS) is 17.3. The summed E-state index contributed by atoms with van der Waals surface area (Å²) in [6.07, 6.45) is 11.0. The van der Waals surface area contributed by atoms with Crippen LogP contribution in [0.1, 0.15) is 43.4 Å². The van der Waals surface area contributed by atoms with E-state index in [1.807, 2.05) is 18.2 Å².